The van der Waals surface area contributed by atoms with Crippen LogP contribution in [0.4, 0.5) is 0 Å². The average Bonchev–Trinajstić information content (AvgIpc) is 2.70. The smallest absolute Gasteiger partial charge is 0.355 e. The summed E-state index contributed by atoms with van der Waals surface area (Å²) >= 11 is 0. The number of hydrogen-bond donors (Lipinski definition) is 0. The van der Waals surface area contributed by atoms with Crippen LogP contribution in [0.2, 0.25) is 5.04 Å². The molecule has 0 saturated carbocycles. The zero-order valence-electron chi connectivity index (χ0n) is 20.8. The van der Waals surface area contributed by atoms with E-state index in [1.807, 2.05) is 0 Å². The van der Waals surface area contributed by atoms with Crippen molar-refractivity contribution in [1.29, 1.82) is 0 Å². The molecule has 1 atom stereocenters. The van der Waals surface area contributed by atoms with Crippen LogP contribution in [-0.4, -0.2) is 46.7 Å². The fourth-order valence-electron chi connectivity index (χ4n) is 3.76. The summed E-state index contributed by atoms with van der Waals surface area (Å²) in [6.45, 7) is 6.83. The SMILES string of the molecule is CCCCCCCCCCCCCCCCC(O[Si](OC)(OC)OC)C(C)(C)[SiH3]. The van der Waals surface area contributed by atoms with E-state index in [1.165, 1.54) is 89.9 Å². The molecule has 0 rings (SSSR count). The molecule has 0 radical (unpaired) electrons. The maximum Gasteiger partial charge on any atom is 0.679 e. The van der Waals surface area contributed by atoms with E-state index in [1.54, 1.807) is 21.3 Å². The lowest BCUT2D eigenvalue weighted by atomic mass is 9.98. The third-order valence-corrected chi connectivity index (χ3v) is 8.54. The first-order chi connectivity index (χ1) is 13.8. The Balaban J connectivity index is 3.82. The van der Waals surface area contributed by atoms with Gasteiger partial charge in [-0.25, -0.2) is 0 Å². The Kier molecular flexibility index (Phi) is 18.1. The summed E-state index contributed by atoms with van der Waals surface area (Å²) in [5.41, 5.74) is 0. The number of hydrogen-bond acceptors (Lipinski definition) is 4. The van der Waals surface area contributed by atoms with Gasteiger partial charge in [0.1, 0.15) is 0 Å². The van der Waals surface area contributed by atoms with E-state index in [4.69, 9.17) is 17.7 Å². The van der Waals surface area contributed by atoms with Gasteiger partial charge in [-0.15, -0.1) is 0 Å². The van der Waals surface area contributed by atoms with Gasteiger partial charge in [0.05, 0.1) is 6.10 Å². The van der Waals surface area contributed by atoms with Crippen LogP contribution in [0.25, 0.3) is 0 Å². The summed E-state index contributed by atoms with van der Waals surface area (Å²) < 4.78 is 22.7. The summed E-state index contributed by atoms with van der Waals surface area (Å²) in [7, 11) is 2.93. The fraction of sp³-hybridized carbons (Fsp3) is 1.00. The summed E-state index contributed by atoms with van der Waals surface area (Å²) in [6.07, 6.45) is 20.6. The molecule has 0 heterocycles. The van der Waals surface area contributed by atoms with Crippen molar-refractivity contribution in [3.8, 4) is 0 Å². The molecule has 0 aromatic heterocycles. The Morgan fingerprint density at radius 2 is 1.00 bits per heavy atom. The standard InChI is InChI=1S/C23H52O4Si2/c1-7-8-9-10-11-12-13-14-15-16-17-18-19-20-21-22(23(2,3)28)27-29(24-4,25-5)26-6/h22H,7-21H2,1-6,28H3. The molecule has 0 aromatic rings. The largest absolute Gasteiger partial charge is 0.679 e. The Labute approximate surface area is 186 Å². The second-order valence-corrected chi connectivity index (χ2v) is 14.5. The lowest BCUT2D eigenvalue weighted by Gasteiger charge is -2.36. The zero-order chi connectivity index (χ0) is 22.0. The van der Waals surface area contributed by atoms with Crippen LogP contribution in [-0.2, 0) is 17.7 Å². The van der Waals surface area contributed by atoms with E-state index in [-0.39, 0.29) is 11.1 Å². The molecule has 0 aliphatic carbocycles. The van der Waals surface area contributed by atoms with Crippen LogP contribution in [0, 0.1) is 0 Å². The van der Waals surface area contributed by atoms with Gasteiger partial charge in [0.15, 0.2) is 0 Å². The third-order valence-electron chi connectivity index (χ3n) is 5.82. The van der Waals surface area contributed by atoms with Crippen molar-refractivity contribution in [3.63, 3.8) is 0 Å². The van der Waals surface area contributed by atoms with E-state index >= 15 is 0 Å². The van der Waals surface area contributed by atoms with E-state index < -0.39 is 9.05 Å². The number of unbranched alkanes of at least 4 members (excludes halogenated alkanes) is 13. The van der Waals surface area contributed by atoms with Gasteiger partial charge in [-0.1, -0.05) is 111 Å². The van der Waals surface area contributed by atoms with E-state index in [9.17, 15) is 0 Å². The first-order valence-corrected chi connectivity index (χ1v) is 14.8. The summed E-state index contributed by atoms with van der Waals surface area (Å²) in [4.78, 5) is 0. The number of rotatable bonds is 21. The topological polar surface area (TPSA) is 36.9 Å². The molecule has 29 heavy (non-hydrogen) atoms. The molecule has 176 valence electrons. The molecule has 0 N–H and O–H groups in total. The fourth-order valence-corrected chi connectivity index (χ4v) is 6.01. The van der Waals surface area contributed by atoms with Crippen molar-refractivity contribution in [2.75, 3.05) is 21.3 Å². The van der Waals surface area contributed by atoms with Crippen molar-refractivity contribution >= 4 is 19.3 Å². The van der Waals surface area contributed by atoms with Gasteiger partial charge in [-0.3, -0.25) is 0 Å². The maximum absolute atomic E-state index is 6.27. The molecule has 0 bridgehead atoms. The van der Waals surface area contributed by atoms with Crippen LogP contribution < -0.4 is 0 Å². The van der Waals surface area contributed by atoms with Crippen molar-refractivity contribution in [3.05, 3.63) is 0 Å². The highest BCUT2D eigenvalue weighted by Gasteiger charge is 2.46. The normalized spacial score (nSPS) is 13.9. The van der Waals surface area contributed by atoms with Crippen molar-refractivity contribution in [1.82, 2.24) is 0 Å². The molecule has 0 amide bonds. The summed E-state index contributed by atoms with van der Waals surface area (Å²) in [5.74, 6) is 0. The highest BCUT2D eigenvalue weighted by Crippen LogP contribution is 2.33. The summed E-state index contributed by atoms with van der Waals surface area (Å²) in [5, 5.41) is 0.171. The molecule has 0 aromatic carbocycles. The van der Waals surface area contributed by atoms with E-state index in [2.05, 4.69) is 20.8 Å². The molecular formula is C23H52O4Si2. The van der Waals surface area contributed by atoms with Crippen molar-refractivity contribution < 1.29 is 17.7 Å². The molecule has 1 unspecified atom stereocenters. The quantitative estimate of drug-likeness (QED) is 0.155. The minimum Gasteiger partial charge on any atom is -0.355 e. The minimum absolute atomic E-state index is 0.137. The molecule has 0 aliphatic heterocycles. The molecule has 6 heteroatoms. The van der Waals surface area contributed by atoms with Gasteiger partial charge in [-0.05, 0) is 11.5 Å². The predicted octanol–water partition coefficient (Wildman–Crippen LogP) is 6.18. The average molecular weight is 449 g/mol. The van der Waals surface area contributed by atoms with Gasteiger partial charge < -0.3 is 17.7 Å². The zero-order valence-corrected chi connectivity index (χ0v) is 23.8. The molecule has 4 nitrogen and oxygen atoms in total. The van der Waals surface area contributed by atoms with Gasteiger partial charge >= 0.3 is 9.05 Å². The van der Waals surface area contributed by atoms with E-state index in [0.717, 1.165) is 16.7 Å². The maximum atomic E-state index is 6.27. The monoisotopic (exact) mass is 448 g/mol. The lowest BCUT2D eigenvalue weighted by Crippen LogP contribution is -2.51. The van der Waals surface area contributed by atoms with Crippen LogP contribution in [0.1, 0.15) is 117 Å². The Morgan fingerprint density at radius 1 is 0.655 bits per heavy atom. The van der Waals surface area contributed by atoms with Crippen LogP contribution in [0.5, 0.6) is 0 Å². The van der Waals surface area contributed by atoms with Crippen molar-refractivity contribution in [2.24, 2.45) is 0 Å². The second kappa shape index (κ2) is 17.9. The first kappa shape index (κ1) is 29.3. The summed E-state index contributed by atoms with van der Waals surface area (Å²) in [6, 6.07) is 0. The molecule has 0 saturated heterocycles. The van der Waals surface area contributed by atoms with Crippen LogP contribution >= 0.6 is 0 Å². The molecule has 0 fully saturated rings. The Morgan fingerprint density at radius 3 is 1.31 bits per heavy atom. The molecule has 0 spiro atoms. The Bertz CT molecular complexity index is 349. The minimum atomic E-state index is -2.98. The molecular weight excluding hydrogens is 396 g/mol. The first-order valence-electron chi connectivity index (χ1n) is 12.2. The van der Waals surface area contributed by atoms with Crippen LogP contribution in [0.15, 0.2) is 0 Å². The van der Waals surface area contributed by atoms with Gasteiger partial charge in [0, 0.05) is 31.6 Å². The van der Waals surface area contributed by atoms with Gasteiger partial charge in [-0.2, -0.15) is 0 Å². The van der Waals surface area contributed by atoms with Gasteiger partial charge in [0.25, 0.3) is 0 Å². The predicted molar refractivity (Wildman–Crippen MR) is 131 cm³/mol. The highest BCUT2D eigenvalue weighted by molar-refractivity contribution is 6.53. The van der Waals surface area contributed by atoms with E-state index in [0.29, 0.717) is 0 Å². The van der Waals surface area contributed by atoms with Crippen LogP contribution in [0.3, 0.4) is 0 Å². The molecule has 0 aliphatic rings. The lowest BCUT2D eigenvalue weighted by molar-refractivity contribution is -0.0350. The third kappa shape index (κ3) is 14.8. The Hall–Kier alpha value is 0.274. The van der Waals surface area contributed by atoms with Crippen molar-refractivity contribution in [2.45, 2.75) is 128 Å². The second-order valence-electron chi connectivity index (χ2n) is 9.47. The van der Waals surface area contributed by atoms with Gasteiger partial charge in [0.2, 0.25) is 0 Å². The highest BCUT2D eigenvalue weighted by atomic mass is 28.4.